The summed E-state index contributed by atoms with van der Waals surface area (Å²) in [5.74, 6) is -0.134. The number of nitrogens with zero attached hydrogens (tertiary/aromatic N) is 2. The highest BCUT2D eigenvalue weighted by Crippen LogP contribution is 2.47. The predicted octanol–water partition coefficient (Wildman–Crippen LogP) is 7.18. The number of hydrogen-bond acceptors (Lipinski definition) is 7. The Morgan fingerprint density at radius 3 is 2.51 bits per heavy atom. The van der Waals surface area contributed by atoms with Gasteiger partial charge in [-0.2, -0.15) is 4.91 Å². The molecule has 0 saturated heterocycles. The number of carbonyl (C=O) groups excluding carboxylic acids is 1. The van der Waals surface area contributed by atoms with Crippen LogP contribution in [0.1, 0.15) is 83.9 Å². The van der Waals surface area contributed by atoms with Gasteiger partial charge in [0.2, 0.25) is 0 Å². The van der Waals surface area contributed by atoms with Gasteiger partial charge in [-0.3, -0.25) is 9.69 Å². The lowest BCUT2D eigenvalue weighted by atomic mass is 9.73. The Kier molecular flexibility index (Phi) is 17.5. The van der Waals surface area contributed by atoms with Crippen LogP contribution in [0.15, 0.2) is 106 Å². The lowest BCUT2D eigenvalue weighted by Crippen LogP contribution is -2.49. The number of nitrogens with one attached hydrogen (secondary N) is 1. The molecule has 3 aliphatic carbocycles. The molecule has 2 unspecified atom stereocenters. The van der Waals surface area contributed by atoms with E-state index < -0.39 is 13.2 Å². The molecule has 0 bridgehead atoms. The minimum absolute atomic E-state index is 0.0800. The highest BCUT2D eigenvalue weighted by atomic mass is 16.5. The summed E-state index contributed by atoms with van der Waals surface area (Å²) in [7, 11) is -1.48. The number of rotatable bonds is 15. The van der Waals surface area contributed by atoms with Crippen molar-refractivity contribution in [2.24, 2.45) is 16.7 Å². The summed E-state index contributed by atoms with van der Waals surface area (Å²) >= 11 is 0. The first-order valence-corrected chi connectivity index (χ1v) is 18.8. The van der Waals surface area contributed by atoms with Crippen LogP contribution in [0.3, 0.4) is 0 Å². The van der Waals surface area contributed by atoms with Crippen molar-refractivity contribution in [2.75, 3.05) is 26.2 Å². The fourth-order valence-corrected chi connectivity index (χ4v) is 6.94. The van der Waals surface area contributed by atoms with Gasteiger partial charge in [0.05, 0.1) is 6.61 Å². The van der Waals surface area contributed by atoms with E-state index in [1.54, 1.807) is 12.1 Å². The third kappa shape index (κ3) is 10.8. The molecule has 0 aromatic heterocycles. The highest BCUT2D eigenvalue weighted by molar-refractivity contribution is 6.64. The number of ether oxygens (including phenoxy) is 1. The minimum atomic E-state index is -1.48. The molecule has 0 saturated carbocycles. The normalized spacial score (nSPS) is 17.5. The lowest BCUT2D eigenvalue weighted by molar-refractivity contribution is -0.135. The predicted molar refractivity (Wildman–Crippen MR) is 213 cm³/mol. The quantitative estimate of drug-likeness (QED) is 0.134. The summed E-state index contributed by atoms with van der Waals surface area (Å²) in [6.07, 6.45) is 14.6. The van der Waals surface area contributed by atoms with E-state index in [1.807, 2.05) is 65.8 Å². The molecule has 0 radical (unpaired) electrons. The Balaban J connectivity index is 0.00000169. The fraction of sp³-hybridized carbons (Fsp3) is 0.452. The zero-order valence-corrected chi connectivity index (χ0v) is 31.8. The van der Waals surface area contributed by atoms with Crippen LogP contribution < -0.4 is 16.5 Å². The second kappa shape index (κ2) is 21.5. The number of aryl methyl sites for hydroxylation is 1. The van der Waals surface area contributed by atoms with Gasteiger partial charge in [0, 0.05) is 38.1 Å². The van der Waals surface area contributed by atoms with Crippen molar-refractivity contribution in [3.8, 4) is 0 Å². The second-order valence-corrected chi connectivity index (χ2v) is 12.7. The van der Waals surface area contributed by atoms with E-state index in [2.05, 4.69) is 64.7 Å². The number of carbonyl (C=O) groups is 1. The topological polar surface area (TPSA) is 117 Å². The Morgan fingerprint density at radius 2 is 1.80 bits per heavy atom. The number of hydrogen-bond donors (Lipinski definition) is 3. The van der Waals surface area contributed by atoms with Crippen molar-refractivity contribution in [3.63, 3.8) is 0 Å². The summed E-state index contributed by atoms with van der Waals surface area (Å²) in [5, 5.41) is 16.4. The molecule has 0 aliphatic heterocycles. The monoisotopic (exact) mass is 694 g/mol. The van der Waals surface area contributed by atoms with E-state index in [1.165, 1.54) is 22.3 Å². The van der Waals surface area contributed by atoms with Crippen LogP contribution in [-0.4, -0.2) is 61.3 Å². The molecule has 5 rings (SSSR count). The van der Waals surface area contributed by atoms with Crippen LogP contribution in [0, 0.1) is 17.7 Å². The first-order valence-electron chi connectivity index (χ1n) is 18.8. The molecule has 4 N–H and O–H groups in total. The van der Waals surface area contributed by atoms with Crippen molar-refractivity contribution < 1.29 is 14.6 Å². The van der Waals surface area contributed by atoms with Gasteiger partial charge in [-0.05, 0) is 96.5 Å². The molecular weight excluding hydrogens is 635 g/mol. The van der Waals surface area contributed by atoms with Crippen LogP contribution in [0.2, 0.25) is 0 Å². The van der Waals surface area contributed by atoms with E-state index in [9.17, 15) is 14.7 Å². The first kappa shape index (κ1) is 41.5. The maximum absolute atomic E-state index is 13.9. The average molecular weight is 695 g/mol. The van der Waals surface area contributed by atoms with Crippen LogP contribution in [0.5, 0.6) is 0 Å². The Hall–Kier alpha value is -3.89. The molecule has 0 spiro atoms. The molecule has 51 heavy (non-hydrogen) atoms. The van der Waals surface area contributed by atoms with E-state index in [-0.39, 0.29) is 24.4 Å². The molecule has 1 amide bonds. The third-order valence-electron chi connectivity index (χ3n) is 9.46. The van der Waals surface area contributed by atoms with Gasteiger partial charge in [0.1, 0.15) is 6.10 Å². The highest BCUT2D eigenvalue weighted by Gasteiger charge is 2.36. The largest absolute Gasteiger partial charge is 0.517 e. The van der Waals surface area contributed by atoms with Gasteiger partial charge in [-0.15, -0.1) is 0 Å². The molecule has 0 fully saturated rings. The Labute approximate surface area is 306 Å². The van der Waals surface area contributed by atoms with Gasteiger partial charge in [0.25, 0.3) is 5.91 Å². The molecule has 3 aliphatic rings. The van der Waals surface area contributed by atoms with Crippen LogP contribution in [-0.2, 0) is 16.1 Å². The number of nitrogens with two attached hydrogens (primary N) is 1. The zero-order valence-electron chi connectivity index (χ0n) is 31.8. The van der Waals surface area contributed by atoms with Crippen LogP contribution in [0.4, 0.5) is 0 Å². The van der Waals surface area contributed by atoms with Gasteiger partial charge in [-0.1, -0.05) is 112 Å². The summed E-state index contributed by atoms with van der Waals surface area (Å²) in [4.78, 5) is 27.4. The van der Waals surface area contributed by atoms with Gasteiger partial charge >= 0.3 is 7.05 Å². The number of amides is 1. The third-order valence-corrected chi connectivity index (χ3v) is 9.46. The SMILES string of the molecule is C/C=C(/CN(Cc1ccccc1B(O)N=O)CC(OCC1C2=CCCC=C2C2=C1C=CCC2)C(=O)N[C@@H](C)CN)c1ccccc1C.CC.CC. The zero-order chi connectivity index (χ0) is 37.3. The van der Waals surface area contributed by atoms with Crippen molar-refractivity contribution in [3.05, 3.63) is 123 Å². The Bertz CT molecular complexity index is 1610. The average Bonchev–Trinajstić information content (AvgIpc) is 3.50. The second-order valence-electron chi connectivity index (χ2n) is 12.7. The van der Waals surface area contributed by atoms with Crippen LogP contribution >= 0.6 is 0 Å². The summed E-state index contributed by atoms with van der Waals surface area (Å²) in [6.45, 7) is 15.8. The van der Waals surface area contributed by atoms with E-state index >= 15 is 0 Å². The molecule has 3 atom stereocenters. The summed E-state index contributed by atoms with van der Waals surface area (Å²) < 4.78 is 6.67. The smallest absolute Gasteiger partial charge is 0.425 e. The molecule has 2 aromatic carbocycles. The molecular formula is C42H59BN4O4. The molecule has 2 aromatic rings. The van der Waals surface area contributed by atoms with Gasteiger partial charge < -0.3 is 20.8 Å². The number of nitroso groups, excluding NO2 is 1. The fourth-order valence-electron chi connectivity index (χ4n) is 6.94. The van der Waals surface area contributed by atoms with Gasteiger partial charge in [0.15, 0.2) is 0 Å². The Morgan fingerprint density at radius 1 is 1.10 bits per heavy atom. The lowest BCUT2D eigenvalue weighted by Gasteiger charge is -2.31. The van der Waals surface area contributed by atoms with E-state index in [0.29, 0.717) is 31.7 Å². The van der Waals surface area contributed by atoms with Crippen molar-refractivity contribution in [2.45, 2.75) is 92.8 Å². The number of benzene rings is 2. The summed E-state index contributed by atoms with van der Waals surface area (Å²) in [6, 6.07) is 15.3. The molecule has 0 heterocycles. The first-order chi connectivity index (χ1) is 24.8. The summed E-state index contributed by atoms with van der Waals surface area (Å²) in [5.41, 5.74) is 15.9. The maximum Gasteiger partial charge on any atom is 0.517 e. The van der Waals surface area contributed by atoms with Crippen LogP contribution in [0.25, 0.3) is 5.57 Å². The standard InChI is InChI=1S/C38H47BN4O4.2C2H6/c1-4-28(30-15-7-5-13-26(30)2)22-43(23-29-14-6-12-20-36(29)39(45)42-46)24-37(38(44)41-27(3)21-40)47-25-35-33-18-10-8-16-31(33)32-17-9-11-19-34(32)35;2*1-2/h4-7,10,12-15,17-20,27,35,37,45H,8-9,11,16,21-25,40H2,1-3H3,(H,41,44);2*1-2H3/b28-4-;;/t27-,35?,37?;;/m0../s1. The minimum Gasteiger partial charge on any atom is -0.425 e. The molecule has 8 nitrogen and oxygen atoms in total. The van der Waals surface area contributed by atoms with E-state index in [0.717, 1.165) is 47.9 Å². The van der Waals surface area contributed by atoms with E-state index in [4.69, 9.17) is 10.5 Å². The van der Waals surface area contributed by atoms with Crippen molar-refractivity contribution in [1.82, 2.24) is 10.2 Å². The maximum atomic E-state index is 13.9. The van der Waals surface area contributed by atoms with Gasteiger partial charge in [-0.25, -0.2) is 0 Å². The molecule has 9 heteroatoms. The molecule has 274 valence electrons. The van der Waals surface area contributed by atoms with Crippen molar-refractivity contribution in [1.29, 1.82) is 0 Å². The van der Waals surface area contributed by atoms with Crippen molar-refractivity contribution >= 4 is 24.0 Å². The number of fused-ring (bicyclic) bond motifs is 2. The number of allylic oxidation sites excluding steroid dienone is 7.